The van der Waals surface area contributed by atoms with Crippen molar-refractivity contribution in [2.75, 3.05) is 13.2 Å². The molecule has 0 radical (unpaired) electrons. The van der Waals surface area contributed by atoms with Gasteiger partial charge in [-0.25, -0.2) is 0 Å². The zero-order valence-corrected chi connectivity index (χ0v) is 7.72. The molecule has 3 rings (SSSR count). The summed E-state index contributed by atoms with van der Waals surface area (Å²) >= 11 is 0. The number of fused-ring (bicyclic) bond motifs is 1. The van der Waals surface area contributed by atoms with Crippen LogP contribution < -0.4 is 0 Å². The zero-order valence-electron chi connectivity index (χ0n) is 7.72. The lowest BCUT2D eigenvalue weighted by Gasteiger charge is -2.07. The van der Waals surface area contributed by atoms with Crippen molar-refractivity contribution in [2.45, 2.75) is 12.1 Å². The number of amides is 1. The van der Waals surface area contributed by atoms with Gasteiger partial charge in [0.05, 0.1) is 25.3 Å². The van der Waals surface area contributed by atoms with Crippen molar-refractivity contribution in [3.63, 3.8) is 0 Å². The van der Waals surface area contributed by atoms with Crippen LogP contribution in [0.4, 0.5) is 0 Å². The highest BCUT2D eigenvalue weighted by Crippen LogP contribution is 2.35. The molecule has 0 spiro atoms. The Bertz CT molecular complexity index is 353. The fraction of sp³-hybridized carbons (Fsp3) is 0.364. The van der Waals surface area contributed by atoms with E-state index < -0.39 is 0 Å². The molecule has 1 aromatic rings. The molecular formula is C11H11NO2. The first-order valence-electron chi connectivity index (χ1n) is 4.83. The molecule has 3 heteroatoms. The Balaban J connectivity index is 1.79. The van der Waals surface area contributed by atoms with Gasteiger partial charge in [0.15, 0.2) is 0 Å². The normalized spacial score (nSPS) is 28.7. The molecule has 3 nitrogen and oxygen atoms in total. The molecule has 2 aliphatic rings. The van der Waals surface area contributed by atoms with Crippen molar-refractivity contribution >= 4 is 5.91 Å². The molecule has 0 aromatic heterocycles. The molecule has 0 bridgehead atoms. The number of benzene rings is 1. The molecule has 72 valence electrons. The van der Waals surface area contributed by atoms with Crippen LogP contribution >= 0.6 is 0 Å². The predicted octanol–water partition coefficient (Wildman–Crippen LogP) is 0.910. The molecule has 2 heterocycles. The summed E-state index contributed by atoms with van der Waals surface area (Å²) in [7, 11) is 0. The second kappa shape index (κ2) is 2.82. The van der Waals surface area contributed by atoms with Crippen molar-refractivity contribution in [1.29, 1.82) is 0 Å². The molecule has 1 amide bonds. The maximum absolute atomic E-state index is 11.9. The van der Waals surface area contributed by atoms with Gasteiger partial charge in [-0.05, 0) is 12.1 Å². The lowest BCUT2D eigenvalue weighted by atomic mass is 10.2. The van der Waals surface area contributed by atoms with Gasteiger partial charge in [-0.3, -0.25) is 4.79 Å². The summed E-state index contributed by atoms with van der Waals surface area (Å²) in [5.74, 6) is 0.143. The van der Waals surface area contributed by atoms with Gasteiger partial charge in [-0.2, -0.15) is 0 Å². The molecule has 2 aliphatic heterocycles. The SMILES string of the molecule is O=C(c1ccccc1)N1C2COCC21. The Hall–Kier alpha value is -1.35. The molecule has 2 fully saturated rings. The number of hydrogen-bond acceptors (Lipinski definition) is 2. The third-order valence-corrected chi connectivity index (χ3v) is 2.90. The summed E-state index contributed by atoms with van der Waals surface area (Å²) in [5, 5.41) is 0. The van der Waals surface area contributed by atoms with E-state index in [1.54, 1.807) is 0 Å². The second-order valence-electron chi connectivity index (χ2n) is 3.75. The second-order valence-corrected chi connectivity index (χ2v) is 3.75. The standard InChI is InChI=1S/C11H11NO2/c13-11(8-4-2-1-3-5-8)12-9-6-14-7-10(9)12/h1-5,9-10H,6-7H2. The maximum atomic E-state index is 11.9. The van der Waals surface area contributed by atoms with Gasteiger partial charge in [-0.1, -0.05) is 18.2 Å². The highest BCUT2D eigenvalue weighted by molar-refractivity contribution is 5.96. The maximum Gasteiger partial charge on any atom is 0.254 e. The molecule has 2 saturated heterocycles. The summed E-state index contributed by atoms with van der Waals surface area (Å²) in [4.78, 5) is 13.8. The van der Waals surface area contributed by atoms with E-state index in [1.165, 1.54) is 0 Å². The van der Waals surface area contributed by atoms with Crippen LogP contribution in [0.1, 0.15) is 10.4 Å². The van der Waals surface area contributed by atoms with Crippen molar-refractivity contribution < 1.29 is 9.53 Å². The van der Waals surface area contributed by atoms with Crippen LogP contribution in [0.25, 0.3) is 0 Å². The van der Waals surface area contributed by atoms with Gasteiger partial charge in [0.1, 0.15) is 0 Å². The number of rotatable bonds is 1. The number of morpholine rings is 1. The van der Waals surface area contributed by atoms with E-state index >= 15 is 0 Å². The molecule has 1 aromatic carbocycles. The number of ether oxygens (including phenoxy) is 1. The minimum absolute atomic E-state index is 0.143. The topological polar surface area (TPSA) is 29.3 Å². The van der Waals surface area contributed by atoms with E-state index in [9.17, 15) is 4.79 Å². The van der Waals surface area contributed by atoms with Gasteiger partial charge in [-0.15, -0.1) is 0 Å². The van der Waals surface area contributed by atoms with Crippen LogP contribution in [0.5, 0.6) is 0 Å². The fourth-order valence-electron chi connectivity index (χ4n) is 2.06. The molecule has 0 saturated carbocycles. The van der Waals surface area contributed by atoms with Crippen LogP contribution in [-0.2, 0) is 4.74 Å². The number of carbonyl (C=O) groups is 1. The average Bonchev–Trinajstić information content (AvgIpc) is 2.72. The Morgan fingerprint density at radius 3 is 2.50 bits per heavy atom. The highest BCUT2D eigenvalue weighted by Gasteiger charge is 2.54. The van der Waals surface area contributed by atoms with Crippen molar-refractivity contribution in [3.05, 3.63) is 35.9 Å². The molecule has 0 N–H and O–H groups in total. The summed E-state index contributed by atoms with van der Waals surface area (Å²) in [6.45, 7) is 1.42. The fourth-order valence-corrected chi connectivity index (χ4v) is 2.06. The Morgan fingerprint density at radius 1 is 1.21 bits per heavy atom. The number of hydrogen-bond donors (Lipinski definition) is 0. The lowest BCUT2D eigenvalue weighted by molar-refractivity contribution is 0.0762. The summed E-state index contributed by atoms with van der Waals surface area (Å²) in [6.07, 6.45) is 0. The molecular weight excluding hydrogens is 178 g/mol. The summed E-state index contributed by atoms with van der Waals surface area (Å²) < 4.78 is 5.23. The van der Waals surface area contributed by atoms with Gasteiger partial charge >= 0.3 is 0 Å². The molecule has 2 unspecified atom stereocenters. The first-order chi connectivity index (χ1) is 6.88. The molecule has 2 atom stereocenters. The largest absolute Gasteiger partial charge is 0.377 e. The van der Waals surface area contributed by atoms with E-state index in [4.69, 9.17) is 4.74 Å². The van der Waals surface area contributed by atoms with Gasteiger partial charge in [0, 0.05) is 5.56 Å². The minimum Gasteiger partial charge on any atom is -0.377 e. The van der Waals surface area contributed by atoms with Crippen LogP contribution in [0.2, 0.25) is 0 Å². The van der Waals surface area contributed by atoms with E-state index in [0.29, 0.717) is 25.3 Å². The van der Waals surface area contributed by atoms with E-state index in [2.05, 4.69) is 0 Å². The third-order valence-electron chi connectivity index (χ3n) is 2.90. The van der Waals surface area contributed by atoms with Crippen LogP contribution in [-0.4, -0.2) is 36.1 Å². The monoisotopic (exact) mass is 189 g/mol. The Morgan fingerprint density at radius 2 is 1.86 bits per heavy atom. The average molecular weight is 189 g/mol. The van der Waals surface area contributed by atoms with Gasteiger partial charge in [0.25, 0.3) is 5.91 Å². The molecule has 0 aliphatic carbocycles. The third kappa shape index (κ3) is 1.06. The van der Waals surface area contributed by atoms with E-state index in [-0.39, 0.29) is 5.91 Å². The van der Waals surface area contributed by atoms with Gasteiger partial charge < -0.3 is 9.64 Å². The Labute approximate surface area is 82.3 Å². The zero-order chi connectivity index (χ0) is 9.54. The first kappa shape index (κ1) is 8.00. The quantitative estimate of drug-likeness (QED) is 0.614. The Kier molecular flexibility index (Phi) is 1.61. The van der Waals surface area contributed by atoms with E-state index in [0.717, 1.165) is 5.56 Å². The highest BCUT2D eigenvalue weighted by atomic mass is 16.5. The minimum atomic E-state index is 0.143. The van der Waals surface area contributed by atoms with Crippen LogP contribution in [0.3, 0.4) is 0 Å². The van der Waals surface area contributed by atoms with Crippen LogP contribution in [0, 0.1) is 0 Å². The first-order valence-corrected chi connectivity index (χ1v) is 4.83. The summed E-state index contributed by atoms with van der Waals surface area (Å²) in [6, 6.07) is 10.1. The van der Waals surface area contributed by atoms with Crippen molar-refractivity contribution in [2.24, 2.45) is 0 Å². The predicted molar refractivity (Wildman–Crippen MR) is 51.0 cm³/mol. The van der Waals surface area contributed by atoms with Crippen molar-refractivity contribution in [1.82, 2.24) is 4.90 Å². The lowest BCUT2D eigenvalue weighted by Crippen LogP contribution is -2.20. The van der Waals surface area contributed by atoms with E-state index in [1.807, 2.05) is 35.2 Å². The van der Waals surface area contributed by atoms with Gasteiger partial charge in [0.2, 0.25) is 0 Å². The summed E-state index contributed by atoms with van der Waals surface area (Å²) in [5.41, 5.74) is 0.780. The van der Waals surface area contributed by atoms with Crippen LogP contribution in [0.15, 0.2) is 30.3 Å². The molecule has 14 heavy (non-hydrogen) atoms. The number of nitrogens with zero attached hydrogens (tertiary/aromatic N) is 1. The van der Waals surface area contributed by atoms with Crippen molar-refractivity contribution in [3.8, 4) is 0 Å². The smallest absolute Gasteiger partial charge is 0.254 e. The number of carbonyl (C=O) groups excluding carboxylic acids is 1.